The summed E-state index contributed by atoms with van der Waals surface area (Å²) in [6, 6.07) is 15.4. The van der Waals surface area contributed by atoms with Gasteiger partial charge in [-0.2, -0.15) is 0 Å². The molecule has 0 unspecified atom stereocenters. The Labute approximate surface area is 280 Å². The molecule has 2 aromatic carbocycles. The molecule has 12 heteroatoms. The first-order chi connectivity index (χ1) is 22.9. The Balaban J connectivity index is 1.34. The van der Waals surface area contributed by atoms with E-state index in [1.165, 1.54) is 24.1 Å². The number of likely N-dealkylation sites (N-methyl/N-ethyl adjacent to an activating group) is 1. The van der Waals surface area contributed by atoms with Crippen LogP contribution in [-0.2, 0) is 27.3 Å². The van der Waals surface area contributed by atoms with Crippen molar-refractivity contribution in [3.63, 3.8) is 0 Å². The van der Waals surface area contributed by atoms with Gasteiger partial charge in [0.15, 0.2) is 0 Å². The van der Waals surface area contributed by atoms with Gasteiger partial charge in [0.1, 0.15) is 29.0 Å². The maximum absolute atomic E-state index is 13.7. The highest BCUT2D eigenvalue weighted by molar-refractivity contribution is 6.09. The minimum absolute atomic E-state index is 0.00463. The molecule has 0 saturated carbocycles. The van der Waals surface area contributed by atoms with E-state index >= 15 is 0 Å². The van der Waals surface area contributed by atoms with Gasteiger partial charge < -0.3 is 19.7 Å². The number of amides is 5. The fourth-order valence-electron chi connectivity index (χ4n) is 6.18. The van der Waals surface area contributed by atoms with Gasteiger partial charge in [-0.1, -0.05) is 24.3 Å². The molecule has 2 fully saturated rings. The van der Waals surface area contributed by atoms with Crippen LogP contribution in [0.15, 0.2) is 66.9 Å². The van der Waals surface area contributed by atoms with E-state index in [0.29, 0.717) is 36.6 Å². The van der Waals surface area contributed by atoms with Crippen molar-refractivity contribution < 1.29 is 33.0 Å². The fourth-order valence-corrected chi connectivity index (χ4v) is 6.18. The SMILES string of the molecule is CNC(=O)[C@@H]1[C@@H](Cc2ccnc(N(Cc3ccc(OC)cc3)C(=O)OC(C)(C)C)c2)C(=O)N1C(=O)N1CCC[C@H](c2ccc(F)cc2)C1. The van der Waals surface area contributed by atoms with E-state index in [2.05, 4.69) is 10.3 Å². The van der Waals surface area contributed by atoms with Gasteiger partial charge in [-0.3, -0.25) is 19.4 Å². The largest absolute Gasteiger partial charge is 0.497 e. The molecule has 0 radical (unpaired) electrons. The summed E-state index contributed by atoms with van der Waals surface area (Å²) in [5.41, 5.74) is 1.65. The van der Waals surface area contributed by atoms with Gasteiger partial charge in [0.25, 0.3) is 0 Å². The summed E-state index contributed by atoms with van der Waals surface area (Å²) in [5, 5.41) is 2.60. The molecule has 1 aromatic heterocycles. The number of imide groups is 1. The number of hydrogen-bond acceptors (Lipinski definition) is 7. The second kappa shape index (κ2) is 14.4. The van der Waals surface area contributed by atoms with Crippen molar-refractivity contribution in [3.8, 4) is 5.75 Å². The fraction of sp³-hybridized carbons (Fsp3) is 0.417. The van der Waals surface area contributed by atoms with Crippen LogP contribution in [0, 0.1) is 11.7 Å². The van der Waals surface area contributed by atoms with Crippen LogP contribution < -0.4 is 15.0 Å². The van der Waals surface area contributed by atoms with Crippen LogP contribution in [-0.4, -0.2) is 77.6 Å². The highest BCUT2D eigenvalue weighted by Gasteiger charge is 2.55. The molecule has 1 N–H and O–H groups in total. The Hall–Kier alpha value is -5.00. The number of methoxy groups -OCH3 is 1. The van der Waals surface area contributed by atoms with Gasteiger partial charge in [-0.25, -0.2) is 19.0 Å². The number of piperidine rings is 1. The van der Waals surface area contributed by atoms with Gasteiger partial charge >= 0.3 is 12.1 Å². The molecule has 5 rings (SSSR count). The number of carbonyl (C=O) groups excluding carboxylic acids is 4. The third-order valence-electron chi connectivity index (χ3n) is 8.62. The van der Waals surface area contributed by atoms with E-state index in [4.69, 9.17) is 9.47 Å². The molecule has 3 aromatic rings. The lowest BCUT2D eigenvalue weighted by atomic mass is 9.82. The Morgan fingerprint density at radius 2 is 1.75 bits per heavy atom. The monoisotopic (exact) mass is 659 g/mol. The van der Waals surface area contributed by atoms with Crippen LogP contribution in [0.4, 0.5) is 19.8 Å². The Bertz CT molecular complexity index is 1640. The van der Waals surface area contributed by atoms with Gasteiger partial charge in [0.2, 0.25) is 11.8 Å². The lowest BCUT2D eigenvalue weighted by Gasteiger charge is -2.47. The molecular formula is C36H42FN5O6. The molecule has 0 spiro atoms. The van der Waals surface area contributed by atoms with Crippen molar-refractivity contribution in [3.05, 3.63) is 89.4 Å². The molecule has 254 valence electrons. The Kier molecular flexibility index (Phi) is 10.3. The van der Waals surface area contributed by atoms with Crippen molar-refractivity contribution in [1.29, 1.82) is 0 Å². The van der Waals surface area contributed by atoms with Crippen molar-refractivity contribution in [2.45, 2.75) is 64.1 Å². The first-order valence-corrected chi connectivity index (χ1v) is 16.1. The van der Waals surface area contributed by atoms with Crippen LogP contribution in [0.25, 0.3) is 0 Å². The summed E-state index contributed by atoms with van der Waals surface area (Å²) in [5.74, 6) is -1.02. The van der Waals surface area contributed by atoms with E-state index in [1.54, 1.807) is 75.4 Å². The normalized spacial score (nSPS) is 19.3. The van der Waals surface area contributed by atoms with Crippen molar-refractivity contribution in [2.75, 3.05) is 32.1 Å². The number of hydrogen-bond donors (Lipinski definition) is 1. The number of carbonyl (C=O) groups is 4. The predicted octanol–water partition coefficient (Wildman–Crippen LogP) is 5.29. The van der Waals surface area contributed by atoms with E-state index in [1.807, 2.05) is 12.1 Å². The highest BCUT2D eigenvalue weighted by Crippen LogP contribution is 2.35. The number of nitrogens with one attached hydrogen (secondary N) is 1. The van der Waals surface area contributed by atoms with Crippen molar-refractivity contribution >= 4 is 29.8 Å². The maximum atomic E-state index is 13.7. The van der Waals surface area contributed by atoms with Crippen molar-refractivity contribution in [1.82, 2.24) is 20.1 Å². The summed E-state index contributed by atoms with van der Waals surface area (Å²) >= 11 is 0. The second-order valence-corrected chi connectivity index (χ2v) is 13.1. The van der Waals surface area contributed by atoms with Gasteiger partial charge in [0, 0.05) is 32.3 Å². The number of β-lactam (4-membered cyclic amide) rings is 1. The zero-order chi connectivity index (χ0) is 34.6. The minimum atomic E-state index is -1.00. The molecule has 2 saturated heterocycles. The molecule has 2 aliphatic rings. The molecule has 3 heterocycles. The smallest absolute Gasteiger partial charge is 0.416 e. The molecular weight excluding hydrogens is 617 g/mol. The van der Waals surface area contributed by atoms with Crippen LogP contribution in [0.5, 0.6) is 5.75 Å². The number of rotatable bonds is 8. The number of ether oxygens (including phenoxy) is 2. The van der Waals surface area contributed by atoms with E-state index < -0.39 is 41.5 Å². The van der Waals surface area contributed by atoms with Gasteiger partial charge in [-0.05, 0) is 93.1 Å². The molecule has 48 heavy (non-hydrogen) atoms. The molecule has 0 bridgehead atoms. The molecule has 0 aliphatic carbocycles. The quantitative estimate of drug-likeness (QED) is 0.327. The number of benzene rings is 2. The number of halogens is 1. The summed E-state index contributed by atoms with van der Waals surface area (Å²) in [6.45, 7) is 6.31. The number of nitrogens with zero attached hydrogens (tertiary/aromatic N) is 4. The highest BCUT2D eigenvalue weighted by atomic mass is 19.1. The van der Waals surface area contributed by atoms with Crippen LogP contribution in [0.1, 0.15) is 56.2 Å². The number of pyridine rings is 1. The van der Waals surface area contributed by atoms with E-state index in [-0.39, 0.29) is 24.7 Å². The van der Waals surface area contributed by atoms with Gasteiger partial charge in [0.05, 0.1) is 19.6 Å². The Morgan fingerprint density at radius 1 is 1.04 bits per heavy atom. The first kappa shape index (κ1) is 34.3. The third-order valence-corrected chi connectivity index (χ3v) is 8.62. The van der Waals surface area contributed by atoms with Crippen LogP contribution >= 0.6 is 0 Å². The average Bonchev–Trinajstić information content (AvgIpc) is 3.07. The predicted molar refractivity (Wildman–Crippen MR) is 177 cm³/mol. The standard InChI is InChI=1S/C36H42FN5O6/c1-36(2,3)48-35(46)41(21-23-8-14-28(47-5)15-9-23)30-20-24(16-17-39-30)19-29-31(32(43)38-4)42(33(29)44)34(45)40-18-6-7-26(22-40)25-10-12-27(37)13-11-25/h8-17,20,26,29,31H,6-7,18-19,21-22H2,1-5H3,(H,38,43)/t26-,29+,31-/m0/s1. The zero-order valence-corrected chi connectivity index (χ0v) is 27.9. The first-order valence-electron chi connectivity index (χ1n) is 16.1. The summed E-state index contributed by atoms with van der Waals surface area (Å²) in [6.07, 6.45) is 2.64. The van der Waals surface area contributed by atoms with Crippen LogP contribution in [0.2, 0.25) is 0 Å². The molecule has 2 aliphatic heterocycles. The minimum Gasteiger partial charge on any atom is -0.497 e. The number of aromatic nitrogens is 1. The maximum Gasteiger partial charge on any atom is 0.416 e. The van der Waals surface area contributed by atoms with Gasteiger partial charge in [-0.15, -0.1) is 0 Å². The summed E-state index contributed by atoms with van der Waals surface area (Å²) < 4.78 is 24.4. The summed E-state index contributed by atoms with van der Waals surface area (Å²) in [7, 11) is 3.05. The van der Waals surface area contributed by atoms with E-state index in [9.17, 15) is 23.6 Å². The van der Waals surface area contributed by atoms with Crippen LogP contribution in [0.3, 0.4) is 0 Å². The molecule has 11 nitrogen and oxygen atoms in total. The van der Waals surface area contributed by atoms with Crippen molar-refractivity contribution in [2.24, 2.45) is 5.92 Å². The zero-order valence-electron chi connectivity index (χ0n) is 27.9. The Morgan fingerprint density at radius 3 is 2.40 bits per heavy atom. The molecule has 3 atom stereocenters. The van der Waals surface area contributed by atoms with E-state index in [0.717, 1.165) is 22.4 Å². The second-order valence-electron chi connectivity index (χ2n) is 13.1. The summed E-state index contributed by atoms with van der Waals surface area (Å²) in [4.78, 5) is 62.3. The lowest BCUT2D eigenvalue weighted by molar-refractivity contribution is -0.158. The lowest BCUT2D eigenvalue weighted by Crippen LogP contribution is -2.70. The topological polar surface area (TPSA) is 121 Å². The number of likely N-dealkylation sites (tertiary alicyclic amines) is 2. The number of urea groups is 1. The third kappa shape index (κ3) is 7.75. The average molecular weight is 660 g/mol. The molecule has 5 amide bonds. The number of anilines is 1.